The Morgan fingerprint density at radius 2 is 1.26 bits per heavy atom. The molecule has 9 rings (SSSR count). The number of anilines is 1. The number of fused-ring (bicyclic) bond motifs is 4. The van der Waals surface area contributed by atoms with Gasteiger partial charge >= 0.3 is 339 Å². The molecule has 0 saturated heterocycles. The Bertz CT molecular complexity index is 2810. The summed E-state index contributed by atoms with van der Waals surface area (Å²) >= 11 is -4.00. The average Bonchev–Trinajstić information content (AvgIpc) is 3.82. The van der Waals surface area contributed by atoms with E-state index in [4.69, 9.17) is 0 Å². The minimum Gasteiger partial charge on any atom is -0.147 e. The molecular formula is C53H57Cl2NSiZr. The van der Waals surface area contributed by atoms with Gasteiger partial charge in [0, 0.05) is 0 Å². The molecule has 6 aromatic carbocycles. The van der Waals surface area contributed by atoms with Crippen LogP contribution < -0.4 is 4.90 Å². The molecular weight excluding hydrogens is 841 g/mol. The number of halogens is 2. The van der Waals surface area contributed by atoms with Gasteiger partial charge in [-0.15, -0.1) is 24.8 Å². The van der Waals surface area contributed by atoms with E-state index in [1.807, 2.05) is 0 Å². The number of allylic oxidation sites excluding steroid dienone is 4. The molecule has 0 radical (unpaired) electrons. The van der Waals surface area contributed by atoms with Crippen molar-refractivity contribution in [2.45, 2.75) is 72.8 Å². The van der Waals surface area contributed by atoms with Crippen molar-refractivity contribution in [1.82, 2.24) is 0 Å². The zero-order valence-corrected chi connectivity index (χ0v) is 41.0. The summed E-state index contributed by atoms with van der Waals surface area (Å²) in [4.78, 5) is 2.61. The van der Waals surface area contributed by atoms with Gasteiger partial charge in [0.15, 0.2) is 0 Å². The summed E-state index contributed by atoms with van der Waals surface area (Å²) in [6.07, 6.45) is 7.77. The fourth-order valence-electron chi connectivity index (χ4n) is 10.7. The Morgan fingerprint density at radius 3 is 1.86 bits per heavy atom. The third kappa shape index (κ3) is 6.79. The van der Waals surface area contributed by atoms with E-state index in [-0.39, 0.29) is 36.3 Å². The van der Waals surface area contributed by atoms with Crippen molar-refractivity contribution in [2.24, 2.45) is 5.92 Å². The van der Waals surface area contributed by atoms with Crippen molar-refractivity contribution in [3.05, 3.63) is 176 Å². The molecule has 2 unspecified atom stereocenters. The van der Waals surface area contributed by atoms with Crippen LogP contribution in [0, 0.1) is 5.92 Å². The number of benzene rings is 6. The number of hydrogen-bond acceptors (Lipinski definition) is 1. The van der Waals surface area contributed by atoms with Crippen molar-refractivity contribution in [3.8, 4) is 22.3 Å². The van der Waals surface area contributed by atoms with Crippen LogP contribution in [-0.4, -0.2) is 12.9 Å². The summed E-state index contributed by atoms with van der Waals surface area (Å²) in [5.74, 6) is 0.431. The zero-order chi connectivity index (χ0) is 39.3. The van der Waals surface area contributed by atoms with Crippen LogP contribution in [0.25, 0.3) is 49.9 Å². The maximum Gasteiger partial charge on any atom is -0.147 e. The van der Waals surface area contributed by atoms with Gasteiger partial charge in [-0.05, 0) is 0 Å². The molecule has 0 aromatic heterocycles. The largest absolute Gasteiger partial charge is 0.147 e. The van der Waals surface area contributed by atoms with E-state index in [2.05, 4.69) is 209 Å². The first-order valence-electron chi connectivity index (χ1n) is 20.6. The minimum absolute atomic E-state index is 0. The van der Waals surface area contributed by atoms with Gasteiger partial charge in [-0.25, -0.2) is 0 Å². The predicted molar refractivity (Wildman–Crippen MR) is 259 cm³/mol. The molecule has 0 saturated carbocycles. The SMILES string of the molecule is CC1=Cc2c(-c3cccc4ccccc34)cc(-c3cccc4ccccc34)cc2[CH]1[Zr]([CH3])([CH3])(=[SiH2])[C]1=C(C(C)C)C=C2C1=CC(C)N2c1ccc(C(C)(C)C)cc1.Cl.Cl. The Kier molecular flexibility index (Phi) is 11.0. The van der Waals surface area contributed by atoms with Gasteiger partial charge in [0.2, 0.25) is 0 Å². The molecule has 1 heterocycles. The van der Waals surface area contributed by atoms with Gasteiger partial charge in [0.05, 0.1) is 0 Å². The summed E-state index contributed by atoms with van der Waals surface area (Å²) in [5, 5.41) is 5.19. The third-order valence-corrected chi connectivity index (χ3v) is 29.5. The van der Waals surface area contributed by atoms with Crippen molar-refractivity contribution >= 4 is 65.0 Å². The Hall–Kier alpha value is -3.72. The van der Waals surface area contributed by atoms with Crippen LogP contribution in [0.2, 0.25) is 9.26 Å². The smallest absolute Gasteiger partial charge is 0.147 e. The summed E-state index contributed by atoms with van der Waals surface area (Å²) in [5.41, 5.74) is 17.0. The second-order valence-corrected chi connectivity index (χ2v) is 48.5. The molecule has 3 aliphatic rings. The molecule has 0 amide bonds. The molecule has 296 valence electrons. The zero-order valence-electron chi connectivity index (χ0n) is 35.5. The molecule has 2 aliphatic carbocycles. The number of hydrogen-bond donors (Lipinski definition) is 0. The van der Waals surface area contributed by atoms with Crippen LogP contribution in [0.1, 0.15) is 68.8 Å². The quantitative estimate of drug-likeness (QED) is 0.151. The summed E-state index contributed by atoms with van der Waals surface area (Å²) in [6.45, 7) is 19.0. The molecule has 6 aromatic rings. The molecule has 58 heavy (non-hydrogen) atoms. The van der Waals surface area contributed by atoms with Crippen molar-refractivity contribution in [3.63, 3.8) is 0 Å². The van der Waals surface area contributed by atoms with Gasteiger partial charge < -0.3 is 0 Å². The fourth-order valence-corrected chi connectivity index (χ4v) is 29.7. The first kappa shape index (κ1) is 42.4. The first-order chi connectivity index (χ1) is 26.6. The molecule has 5 heteroatoms. The monoisotopic (exact) mass is 895 g/mol. The van der Waals surface area contributed by atoms with E-state index >= 15 is 0 Å². The Balaban J connectivity index is 0.00000256. The van der Waals surface area contributed by atoms with E-state index < -0.39 is 17.4 Å². The van der Waals surface area contributed by atoms with E-state index in [0.29, 0.717) is 9.54 Å². The van der Waals surface area contributed by atoms with Gasteiger partial charge in [-0.1, -0.05) is 0 Å². The second-order valence-electron chi connectivity index (χ2n) is 19.2. The van der Waals surface area contributed by atoms with Gasteiger partial charge in [0.1, 0.15) is 0 Å². The van der Waals surface area contributed by atoms with Crippen LogP contribution in [0.5, 0.6) is 0 Å². The van der Waals surface area contributed by atoms with E-state index in [9.17, 15) is 0 Å². The molecule has 1 nitrogen and oxygen atoms in total. The van der Waals surface area contributed by atoms with Crippen molar-refractivity contribution in [2.75, 3.05) is 4.90 Å². The number of nitrogens with zero attached hydrogens (tertiary/aromatic N) is 1. The van der Waals surface area contributed by atoms with Crippen LogP contribution in [0.3, 0.4) is 0 Å². The molecule has 0 fully saturated rings. The topological polar surface area (TPSA) is 3.24 Å². The summed E-state index contributed by atoms with van der Waals surface area (Å²) < 4.78 is 7.62. The summed E-state index contributed by atoms with van der Waals surface area (Å²) in [6, 6.07) is 46.2. The molecule has 0 N–H and O–H groups in total. The van der Waals surface area contributed by atoms with E-state index in [1.165, 1.54) is 83.0 Å². The maximum absolute atomic E-state index is 4.00. The van der Waals surface area contributed by atoms with Crippen LogP contribution >= 0.6 is 24.8 Å². The standard InChI is InChI=1S/C30H21.C21H26N.2CH3.2ClH.H2Si.Zr/c1-20-16-23-18-24(27-14-6-10-21-8-2-4-12-25(21)27)19-30(29(23)17-20)28-15-7-11-22-9-3-5-13-26(22)28;1-14(2)16-12-17-11-15(3)22(20(17)13-16)19-9-7-18(8-10-19)21(4,5)6;;;;;;/h2-19H,1H3;7-11,13-15H,1-6H3;2*1H3;2*1H;1H2;. The molecule has 0 spiro atoms. The van der Waals surface area contributed by atoms with Crippen LogP contribution in [0.4, 0.5) is 5.69 Å². The van der Waals surface area contributed by atoms with Crippen molar-refractivity contribution < 1.29 is 17.4 Å². The predicted octanol–water partition coefficient (Wildman–Crippen LogP) is 14.9. The Morgan fingerprint density at radius 1 is 0.690 bits per heavy atom. The number of rotatable bonds is 6. The normalized spacial score (nSPS) is 17.8. The molecule has 2 atom stereocenters. The van der Waals surface area contributed by atoms with Gasteiger partial charge in [0.25, 0.3) is 0 Å². The Labute approximate surface area is 361 Å². The minimum atomic E-state index is -4.00. The molecule has 0 bridgehead atoms. The average molecular weight is 898 g/mol. The van der Waals surface area contributed by atoms with Crippen molar-refractivity contribution in [1.29, 1.82) is 0 Å². The van der Waals surface area contributed by atoms with Gasteiger partial charge in [-0.2, -0.15) is 0 Å². The van der Waals surface area contributed by atoms with E-state index in [0.717, 1.165) is 0 Å². The summed E-state index contributed by atoms with van der Waals surface area (Å²) in [7, 11) is 0. The maximum atomic E-state index is 2.76. The fraction of sp³-hybridized carbons (Fsp3) is 0.245. The van der Waals surface area contributed by atoms with E-state index in [1.54, 1.807) is 8.85 Å². The van der Waals surface area contributed by atoms with Crippen LogP contribution in [-0.2, 0) is 22.8 Å². The second kappa shape index (κ2) is 15.1. The van der Waals surface area contributed by atoms with Crippen LogP contribution in [0.15, 0.2) is 159 Å². The van der Waals surface area contributed by atoms with Gasteiger partial charge in [-0.3, -0.25) is 0 Å². The third-order valence-electron chi connectivity index (χ3n) is 13.1. The first-order valence-corrected chi connectivity index (χ1v) is 34.1. The molecule has 1 aliphatic heterocycles.